The zero-order valence-electron chi connectivity index (χ0n) is 10.4. The van der Waals surface area contributed by atoms with Crippen LogP contribution in [0.3, 0.4) is 0 Å². The van der Waals surface area contributed by atoms with E-state index < -0.39 is 11.4 Å². The third-order valence-corrected chi connectivity index (χ3v) is 3.12. The topological polar surface area (TPSA) is 70.4 Å². The average Bonchev–Trinajstić information content (AvgIpc) is 2.30. The van der Waals surface area contributed by atoms with Crippen molar-refractivity contribution in [2.75, 3.05) is 26.7 Å². The normalized spacial score (nSPS) is 25.4. The van der Waals surface area contributed by atoms with Gasteiger partial charge in [0.15, 0.2) is 5.78 Å². The van der Waals surface area contributed by atoms with Gasteiger partial charge in [0.25, 0.3) is 0 Å². The lowest BCUT2D eigenvalue weighted by atomic mass is 9.75. The zero-order valence-corrected chi connectivity index (χ0v) is 10.4. The maximum atomic E-state index is 12.0. The Morgan fingerprint density at radius 1 is 1.65 bits per heavy atom. The number of rotatable bonds is 4. The minimum absolute atomic E-state index is 0.0932. The van der Waals surface area contributed by atoms with Gasteiger partial charge in [-0.15, -0.1) is 0 Å². The quantitative estimate of drug-likeness (QED) is 0.533. The second-order valence-corrected chi connectivity index (χ2v) is 4.37. The fraction of sp³-hybridized carbons (Fsp3) is 0.750. The van der Waals surface area contributed by atoms with Crippen LogP contribution in [-0.2, 0) is 14.3 Å². The maximum absolute atomic E-state index is 12.0. The molecule has 0 radical (unpaired) electrons. The first-order valence-electron chi connectivity index (χ1n) is 5.83. The molecule has 0 aromatic heterocycles. The summed E-state index contributed by atoms with van der Waals surface area (Å²) in [4.78, 5) is 26.0. The van der Waals surface area contributed by atoms with E-state index >= 15 is 0 Å². The predicted molar refractivity (Wildman–Crippen MR) is 61.0 cm³/mol. The van der Waals surface area contributed by atoms with Crippen molar-refractivity contribution in [1.82, 2.24) is 4.90 Å². The van der Waals surface area contributed by atoms with Crippen LogP contribution in [0.4, 0.5) is 0 Å². The molecule has 1 saturated heterocycles. The van der Waals surface area contributed by atoms with Crippen LogP contribution in [0, 0.1) is 16.7 Å². The maximum Gasteiger partial charge on any atom is 0.320 e. The smallest absolute Gasteiger partial charge is 0.320 e. The molecular weight excluding hydrogens is 220 g/mol. The number of ether oxygens (including phenoxy) is 1. The molecule has 1 aliphatic heterocycles. The van der Waals surface area contributed by atoms with Crippen molar-refractivity contribution in [3.05, 3.63) is 0 Å². The Bertz CT molecular complexity index is 348. The molecular formula is C12H18N2O3. The number of nitriles is 1. The van der Waals surface area contributed by atoms with Gasteiger partial charge < -0.3 is 9.64 Å². The van der Waals surface area contributed by atoms with Gasteiger partial charge in [-0.25, -0.2) is 0 Å². The molecule has 0 aromatic rings. The van der Waals surface area contributed by atoms with Gasteiger partial charge in [-0.1, -0.05) is 0 Å². The van der Waals surface area contributed by atoms with Crippen LogP contribution in [0.15, 0.2) is 0 Å². The van der Waals surface area contributed by atoms with Crippen molar-refractivity contribution >= 4 is 11.8 Å². The summed E-state index contributed by atoms with van der Waals surface area (Å²) in [6.07, 6.45) is 0.796. The minimum atomic E-state index is -1.13. The molecule has 0 aromatic carbocycles. The Morgan fingerprint density at radius 3 is 2.94 bits per heavy atom. The van der Waals surface area contributed by atoms with E-state index in [0.29, 0.717) is 19.5 Å². The molecule has 1 heterocycles. The number of nitrogens with zero attached hydrogens (tertiary/aromatic N) is 2. The van der Waals surface area contributed by atoms with Crippen LogP contribution in [0.2, 0.25) is 0 Å². The number of esters is 1. The Balaban J connectivity index is 2.94. The SMILES string of the molecule is CCOC(=O)C1(CCC#N)CN(C)CCC1=O. The van der Waals surface area contributed by atoms with Crippen molar-refractivity contribution in [3.63, 3.8) is 0 Å². The molecule has 5 heteroatoms. The number of ketones is 1. The van der Waals surface area contributed by atoms with Gasteiger partial charge >= 0.3 is 5.97 Å². The number of carbonyl (C=O) groups excluding carboxylic acids is 2. The summed E-state index contributed by atoms with van der Waals surface area (Å²) >= 11 is 0. The molecule has 17 heavy (non-hydrogen) atoms. The second-order valence-electron chi connectivity index (χ2n) is 4.37. The molecule has 0 amide bonds. The van der Waals surface area contributed by atoms with Crippen molar-refractivity contribution in [3.8, 4) is 6.07 Å². The van der Waals surface area contributed by atoms with Gasteiger partial charge in [0.2, 0.25) is 0 Å². The molecule has 0 N–H and O–H groups in total. The summed E-state index contributed by atoms with van der Waals surface area (Å²) in [6, 6.07) is 1.99. The third-order valence-electron chi connectivity index (χ3n) is 3.12. The molecule has 1 fully saturated rings. The molecule has 1 atom stereocenters. The van der Waals surface area contributed by atoms with Crippen LogP contribution in [0.5, 0.6) is 0 Å². The lowest BCUT2D eigenvalue weighted by molar-refractivity contribution is -0.164. The number of hydrogen-bond acceptors (Lipinski definition) is 5. The molecule has 5 nitrogen and oxygen atoms in total. The first-order valence-corrected chi connectivity index (χ1v) is 5.83. The molecule has 0 spiro atoms. The highest BCUT2D eigenvalue weighted by Crippen LogP contribution is 2.32. The number of carbonyl (C=O) groups is 2. The van der Waals surface area contributed by atoms with Crippen LogP contribution < -0.4 is 0 Å². The summed E-state index contributed by atoms with van der Waals surface area (Å²) in [5.41, 5.74) is -1.13. The van der Waals surface area contributed by atoms with E-state index in [2.05, 4.69) is 0 Å². The first-order chi connectivity index (χ1) is 8.06. The van der Waals surface area contributed by atoms with Gasteiger partial charge in [-0.05, 0) is 20.4 Å². The molecule has 1 rings (SSSR count). The Labute approximate surface area is 101 Å². The lowest BCUT2D eigenvalue weighted by Crippen LogP contribution is -2.53. The standard InChI is InChI=1S/C12H18N2O3/c1-3-17-11(16)12(6-4-7-13)9-14(2)8-5-10(12)15/h3-6,8-9H2,1-2H3. The van der Waals surface area contributed by atoms with Gasteiger partial charge in [-0.3, -0.25) is 9.59 Å². The predicted octanol–water partition coefficient (Wildman–Crippen LogP) is 0.744. The van der Waals surface area contributed by atoms with E-state index in [0.717, 1.165) is 0 Å². The van der Waals surface area contributed by atoms with Crippen LogP contribution >= 0.6 is 0 Å². The average molecular weight is 238 g/mol. The highest BCUT2D eigenvalue weighted by atomic mass is 16.5. The summed E-state index contributed by atoms with van der Waals surface area (Å²) in [5.74, 6) is -0.573. The van der Waals surface area contributed by atoms with Crippen LogP contribution in [-0.4, -0.2) is 43.4 Å². The van der Waals surface area contributed by atoms with E-state index in [4.69, 9.17) is 10.00 Å². The summed E-state index contributed by atoms with van der Waals surface area (Å²) in [6.45, 7) is 2.98. The van der Waals surface area contributed by atoms with Crippen molar-refractivity contribution in [2.24, 2.45) is 5.41 Å². The van der Waals surface area contributed by atoms with Gasteiger partial charge in [0, 0.05) is 25.9 Å². The molecule has 0 bridgehead atoms. The van der Waals surface area contributed by atoms with Gasteiger partial charge in [-0.2, -0.15) is 5.26 Å². The van der Waals surface area contributed by atoms with E-state index in [9.17, 15) is 9.59 Å². The third kappa shape index (κ3) is 2.83. The fourth-order valence-corrected chi connectivity index (χ4v) is 2.20. The number of likely N-dealkylation sites (tertiary alicyclic amines) is 1. The Kier molecular flexibility index (Phi) is 4.64. The Hall–Kier alpha value is -1.41. The van der Waals surface area contributed by atoms with Gasteiger partial charge in [0.05, 0.1) is 12.7 Å². The highest BCUT2D eigenvalue weighted by molar-refractivity contribution is 6.04. The molecule has 0 aliphatic carbocycles. The number of Topliss-reactive ketones (excluding diaryl/α,β-unsaturated/α-hetero) is 1. The Morgan fingerprint density at radius 2 is 2.35 bits per heavy atom. The summed E-state index contributed by atoms with van der Waals surface area (Å²) in [5, 5.41) is 8.65. The summed E-state index contributed by atoms with van der Waals surface area (Å²) < 4.78 is 5.00. The fourth-order valence-electron chi connectivity index (χ4n) is 2.20. The molecule has 94 valence electrons. The highest BCUT2D eigenvalue weighted by Gasteiger charge is 2.49. The molecule has 1 unspecified atom stereocenters. The van der Waals surface area contributed by atoms with Crippen molar-refractivity contribution in [2.45, 2.75) is 26.2 Å². The van der Waals surface area contributed by atoms with Crippen LogP contribution in [0.25, 0.3) is 0 Å². The van der Waals surface area contributed by atoms with Crippen molar-refractivity contribution < 1.29 is 14.3 Å². The van der Waals surface area contributed by atoms with Crippen molar-refractivity contribution in [1.29, 1.82) is 5.26 Å². The molecule has 0 saturated carbocycles. The van der Waals surface area contributed by atoms with E-state index in [1.807, 2.05) is 18.0 Å². The number of piperidine rings is 1. The van der Waals surface area contributed by atoms with E-state index in [1.165, 1.54) is 0 Å². The monoisotopic (exact) mass is 238 g/mol. The number of hydrogen-bond donors (Lipinski definition) is 0. The minimum Gasteiger partial charge on any atom is -0.465 e. The first kappa shape index (κ1) is 13.7. The van der Waals surface area contributed by atoms with Gasteiger partial charge in [0.1, 0.15) is 5.41 Å². The molecule has 1 aliphatic rings. The zero-order chi connectivity index (χ0) is 12.9. The largest absolute Gasteiger partial charge is 0.465 e. The van der Waals surface area contributed by atoms with E-state index in [1.54, 1.807) is 6.92 Å². The lowest BCUT2D eigenvalue weighted by Gasteiger charge is -2.37. The van der Waals surface area contributed by atoms with Crippen LogP contribution in [0.1, 0.15) is 26.2 Å². The summed E-state index contributed by atoms with van der Waals surface area (Å²) in [7, 11) is 1.87. The second kappa shape index (κ2) is 5.78. The van der Waals surface area contributed by atoms with E-state index in [-0.39, 0.29) is 25.2 Å².